The van der Waals surface area contributed by atoms with Crippen LogP contribution in [0.3, 0.4) is 0 Å². The minimum Gasteiger partial charge on any atom is -0.478 e. The van der Waals surface area contributed by atoms with Crippen molar-refractivity contribution >= 4 is 29.0 Å². The van der Waals surface area contributed by atoms with Crippen LogP contribution in [0, 0.1) is 6.07 Å². The third-order valence-corrected chi connectivity index (χ3v) is 3.52. The largest absolute Gasteiger partial charge is 0.478 e. The maximum Gasteiger partial charge on any atom is 0.335 e. The number of hydrogen-bond acceptors (Lipinski definition) is 2. The van der Waals surface area contributed by atoms with Crippen molar-refractivity contribution in [2.24, 2.45) is 0 Å². The lowest BCUT2D eigenvalue weighted by molar-refractivity contribution is -0.107. The van der Waals surface area contributed by atoms with Gasteiger partial charge in [0.2, 0.25) is 6.41 Å². The molecule has 0 aliphatic carbocycles. The number of H-pyrrole nitrogens is 1. The van der Waals surface area contributed by atoms with E-state index < -0.39 is 5.97 Å². The smallest absolute Gasteiger partial charge is 0.335 e. The zero-order chi connectivity index (χ0) is 15.5. The van der Waals surface area contributed by atoms with Crippen LogP contribution in [0.25, 0.3) is 10.9 Å². The van der Waals surface area contributed by atoms with Crippen molar-refractivity contribution in [2.45, 2.75) is 6.54 Å². The van der Waals surface area contributed by atoms with Gasteiger partial charge in [0, 0.05) is 22.8 Å². The number of carboxylic acids is 1. The molecule has 5 nitrogen and oxygen atoms in total. The summed E-state index contributed by atoms with van der Waals surface area (Å²) in [5.74, 6) is -0.990. The number of nitrogens with one attached hydrogen (secondary N) is 1. The van der Waals surface area contributed by atoms with Crippen LogP contribution >= 0.6 is 0 Å². The molecule has 5 heteroatoms. The number of hydrogen-bond donors (Lipinski definition) is 2. The third kappa shape index (κ3) is 2.56. The number of rotatable bonds is 5. The van der Waals surface area contributed by atoms with Crippen molar-refractivity contribution in [3.63, 3.8) is 0 Å². The molecule has 2 aromatic carbocycles. The van der Waals surface area contributed by atoms with Gasteiger partial charge in [-0.1, -0.05) is 0 Å². The van der Waals surface area contributed by atoms with Crippen molar-refractivity contribution < 1.29 is 14.7 Å². The Balaban J connectivity index is 1.90. The standard InChI is InChI=1S/C17H13N2O3/c20-11-19(14-6-4-12(5-7-14)17(21)22)10-13-2-1-3-16-15(13)8-9-18-16/h2-9,11,18H,10H2,(H,21,22). The molecule has 1 radical (unpaired) electrons. The highest BCUT2D eigenvalue weighted by molar-refractivity contribution is 5.89. The van der Waals surface area contributed by atoms with Gasteiger partial charge in [0.1, 0.15) is 0 Å². The number of aromatic amines is 1. The van der Waals surface area contributed by atoms with Gasteiger partial charge in [-0.3, -0.25) is 4.79 Å². The van der Waals surface area contributed by atoms with Gasteiger partial charge in [0.25, 0.3) is 0 Å². The van der Waals surface area contributed by atoms with E-state index >= 15 is 0 Å². The number of carbonyl (C=O) groups excluding carboxylic acids is 1. The minimum atomic E-state index is -0.990. The first kappa shape index (κ1) is 13.9. The Kier molecular flexibility index (Phi) is 3.62. The highest BCUT2D eigenvalue weighted by Gasteiger charge is 2.10. The van der Waals surface area contributed by atoms with Crippen molar-refractivity contribution in [2.75, 3.05) is 4.90 Å². The van der Waals surface area contributed by atoms with E-state index in [1.807, 2.05) is 24.4 Å². The van der Waals surface area contributed by atoms with Gasteiger partial charge in [-0.15, -0.1) is 0 Å². The van der Waals surface area contributed by atoms with E-state index in [0.29, 0.717) is 12.2 Å². The highest BCUT2D eigenvalue weighted by Crippen LogP contribution is 2.22. The van der Waals surface area contributed by atoms with E-state index in [2.05, 4.69) is 11.1 Å². The molecule has 1 aromatic heterocycles. The number of anilines is 1. The molecular formula is C17H13N2O3. The van der Waals surface area contributed by atoms with Crippen LogP contribution < -0.4 is 4.90 Å². The zero-order valence-electron chi connectivity index (χ0n) is 11.6. The molecule has 109 valence electrons. The molecule has 0 fully saturated rings. The molecule has 0 aliphatic heterocycles. The number of aromatic nitrogens is 1. The molecule has 0 unspecified atom stereocenters. The first-order valence-electron chi connectivity index (χ1n) is 6.70. The van der Waals surface area contributed by atoms with Crippen LogP contribution in [0.4, 0.5) is 5.69 Å². The van der Waals surface area contributed by atoms with Crippen LogP contribution in [-0.4, -0.2) is 22.5 Å². The van der Waals surface area contributed by atoms with Crippen molar-refractivity contribution in [1.82, 2.24) is 4.98 Å². The summed E-state index contributed by atoms with van der Waals surface area (Å²) in [5.41, 5.74) is 2.76. The van der Waals surface area contributed by atoms with Crippen LogP contribution in [0.1, 0.15) is 15.9 Å². The SMILES string of the molecule is O=CN(Cc1c[c]cc2[nH]ccc12)c1ccc(C(=O)O)cc1. The molecular weight excluding hydrogens is 280 g/mol. The summed E-state index contributed by atoms with van der Waals surface area (Å²) in [5, 5.41) is 9.95. The van der Waals surface area contributed by atoms with Crippen molar-refractivity contribution in [1.29, 1.82) is 0 Å². The van der Waals surface area contributed by atoms with Crippen LogP contribution in [0.15, 0.2) is 48.7 Å². The fourth-order valence-corrected chi connectivity index (χ4v) is 2.38. The number of fused-ring (bicyclic) bond motifs is 1. The second kappa shape index (κ2) is 5.73. The molecule has 0 saturated carbocycles. The fourth-order valence-electron chi connectivity index (χ4n) is 2.38. The van der Waals surface area contributed by atoms with E-state index in [0.717, 1.165) is 22.9 Å². The quantitative estimate of drug-likeness (QED) is 0.710. The van der Waals surface area contributed by atoms with E-state index in [4.69, 9.17) is 5.11 Å². The second-order valence-electron chi connectivity index (χ2n) is 4.87. The van der Waals surface area contributed by atoms with Gasteiger partial charge in [-0.25, -0.2) is 4.79 Å². The van der Waals surface area contributed by atoms with Crippen LogP contribution in [0.5, 0.6) is 0 Å². The summed E-state index contributed by atoms with van der Waals surface area (Å²) >= 11 is 0. The molecule has 1 heterocycles. The summed E-state index contributed by atoms with van der Waals surface area (Å²) in [4.78, 5) is 26.9. The average molecular weight is 293 g/mol. The number of benzene rings is 2. The number of carboxylic acid groups (broad SMARTS) is 1. The summed E-state index contributed by atoms with van der Waals surface area (Å²) in [6.45, 7) is 0.390. The maximum atomic E-state index is 11.4. The summed E-state index contributed by atoms with van der Waals surface area (Å²) < 4.78 is 0. The molecule has 0 saturated heterocycles. The molecule has 1 amide bonds. The predicted octanol–water partition coefficient (Wildman–Crippen LogP) is 2.83. The van der Waals surface area contributed by atoms with E-state index in [1.165, 1.54) is 17.0 Å². The lowest BCUT2D eigenvalue weighted by Gasteiger charge is -2.18. The van der Waals surface area contributed by atoms with E-state index in [9.17, 15) is 9.59 Å². The Labute approximate surface area is 126 Å². The normalized spacial score (nSPS) is 10.5. The summed E-state index contributed by atoms with van der Waals surface area (Å²) in [6.07, 6.45) is 2.58. The summed E-state index contributed by atoms with van der Waals surface area (Å²) in [6, 6.07) is 14.9. The first-order chi connectivity index (χ1) is 10.7. The van der Waals surface area contributed by atoms with Gasteiger partial charge in [0.05, 0.1) is 12.1 Å². The Hall–Kier alpha value is -3.08. The van der Waals surface area contributed by atoms with E-state index in [1.54, 1.807) is 12.1 Å². The Morgan fingerprint density at radius 1 is 1.23 bits per heavy atom. The second-order valence-corrected chi connectivity index (χ2v) is 4.87. The fraction of sp³-hybridized carbons (Fsp3) is 0.0588. The third-order valence-electron chi connectivity index (χ3n) is 3.52. The average Bonchev–Trinajstić information content (AvgIpc) is 3.02. The van der Waals surface area contributed by atoms with Gasteiger partial charge in [-0.05, 0) is 54.1 Å². The van der Waals surface area contributed by atoms with Crippen molar-refractivity contribution in [3.8, 4) is 0 Å². The molecule has 0 spiro atoms. The lowest BCUT2D eigenvalue weighted by atomic mass is 10.1. The molecule has 3 rings (SSSR count). The maximum absolute atomic E-state index is 11.4. The van der Waals surface area contributed by atoms with Gasteiger partial charge in [0.15, 0.2) is 0 Å². The van der Waals surface area contributed by atoms with Crippen molar-refractivity contribution in [3.05, 3.63) is 65.9 Å². The topological polar surface area (TPSA) is 73.4 Å². The number of carbonyl (C=O) groups is 2. The first-order valence-corrected chi connectivity index (χ1v) is 6.70. The molecule has 22 heavy (non-hydrogen) atoms. The molecule has 0 aliphatic rings. The molecule has 2 N–H and O–H groups in total. The van der Waals surface area contributed by atoms with Gasteiger partial charge in [-0.2, -0.15) is 0 Å². The van der Waals surface area contributed by atoms with Crippen LogP contribution in [0.2, 0.25) is 0 Å². The highest BCUT2D eigenvalue weighted by atomic mass is 16.4. The van der Waals surface area contributed by atoms with Gasteiger partial charge >= 0.3 is 5.97 Å². The number of aromatic carboxylic acids is 1. The Morgan fingerprint density at radius 3 is 2.68 bits per heavy atom. The lowest BCUT2D eigenvalue weighted by Crippen LogP contribution is -2.20. The monoisotopic (exact) mass is 293 g/mol. The predicted molar refractivity (Wildman–Crippen MR) is 82.8 cm³/mol. The molecule has 0 atom stereocenters. The number of amides is 1. The Bertz CT molecular complexity index is 821. The van der Waals surface area contributed by atoms with E-state index in [-0.39, 0.29) is 5.56 Å². The molecule has 0 bridgehead atoms. The summed E-state index contributed by atoms with van der Waals surface area (Å²) in [7, 11) is 0. The number of nitrogens with zero attached hydrogens (tertiary/aromatic N) is 1. The Morgan fingerprint density at radius 2 is 2.00 bits per heavy atom. The van der Waals surface area contributed by atoms with Gasteiger partial charge < -0.3 is 15.0 Å². The molecule has 3 aromatic rings. The zero-order valence-corrected chi connectivity index (χ0v) is 11.6. The van der Waals surface area contributed by atoms with Crippen LogP contribution in [-0.2, 0) is 11.3 Å². The minimum absolute atomic E-state index is 0.190.